The fraction of sp³-hybridized carbons (Fsp3) is 0.250. The monoisotopic (exact) mass is 225 g/mol. The van der Waals surface area contributed by atoms with Crippen molar-refractivity contribution in [2.24, 2.45) is 0 Å². The fourth-order valence-electron chi connectivity index (χ4n) is 2.01. The summed E-state index contributed by atoms with van der Waals surface area (Å²) >= 11 is 0. The second kappa shape index (κ2) is 5.05. The molecule has 0 aliphatic heterocycles. The quantitative estimate of drug-likeness (QED) is 0.783. The summed E-state index contributed by atoms with van der Waals surface area (Å²) in [6, 6.07) is 14.9. The molecule has 0 aliphatic rings. The van der Waals surface area contributed by atoms with Crippen LogP contribution in [0.5, 0.6) is 0 Å². The number of nitrogens with two attached hydrogens (primary N) is 1. The van der Waals surface area contributed by atoms with E-state index in [9.17, 15) is 0 Å². The van der Waals surface area contributed by atoms with E-state index in [2.05, 4.69) is 44.2 Å². The maximum absolute atomic E-state index is 5.72. The summed E-state index contributed by atoms with van der Waals surface area (Å²) in [5.74, 6) is 0. The summed E-state index contributed by atoms with van der Waals surface area (Å²) in [7, 11) is 0. The standard InChI is InChI=1S/C16H19N/c1-3-12-9-13(4-2)11-15(10-12)14-5-7-16(17)8-6-14/h5-11H,3-4,17H2,1-2H3. The van der Waals surface area contributed by atoms with Gasteiger partial charge in [-0.1, -0.05) is 44.2 Å². The first-order valence-corrected chi connectivity index (χ1v) is 6.21. The van der Waals surface area contributed by atoms with E-state index in [-0.39, 0.29) is 0 Å². The van der Waals surface area contributed by atoms with Gasteiger partial charge < -0.3 is 5.73 Å². The minimum absolute atomic E-state index is 0.816. The molecule has 1 heteroatoms. The lowest BCUT2D eigenvalue weighted by atomic mass is 9.97. The molecule has 0 aliphatic carbocycles. The van der Waals surface area contributed by atoms with Gasteiger partial charge in [-0.25, -0.2) is 0 Å². The van der Waals surface area contributed by atoms with E-state index in [4.69, 9.17) is 5.73 Å². The Morgan fingerprint density at radius 3 is 1.76 bits per heavy atom. The normalized spacial score (nSPS) is 10.5. The summed E-state index contributed by atoms with van der Waals surface area (Å²) in [5, 5.41) is 0. The van der Waals surface area contributed by atoms with Crippen LogP contribution in [0.2, 0.25) is 0 Å². The zero-order chi connectivity index (χ0) is 12.3. The Labute approximate surface area is 103 Å². The van der Waals surface area contributed by atoms with Gasteiger partial charge in [0.05, 0.1) is 0 Å². The van der Waals surface area contributed by atoms with Crippen LogP contribution < -0.4 is 5.73 Å². The van der Waals surface area contributed by atoms with E-state index in [0.717, 1.165) is 18.5 Å². The van der Waals surface area contributed by atoms with Gasteiger partial charge in [0.15, 0.2) is 0 Å². The van der Waals surface area contributed by atoms with Gasteiger partial charge in [0, 0.05) is 5.69 Å². The molecule has 88 valence electrons. The SMILES string of the molecule is CCc1cc(CC)cc(-c2ccc(N)cc2)c1. The van der Waals surface area contributed by atoms with Crippen LogP contribution in [0.3, 0.4) is 0 Å². The summed E-state index contributed by atoms with van der Waals surface area (Å²) in [6.07, 6.45) is 2.16. The van der Waals surface area contributed by atoms with Crippen LogP contribution in [0.25, 0.3) is 11.1 Å². The first-order valence-electron chi connectivity index (χ1n) is 6.21. The highest BCUT2D eigenvalue weighted by molar-refractivity contribution is 5.67. The zero-order valence-corrected chi connectivity index (χ0v) is 10.5. The molecule has 0 saturated heterocycles. The van der Waals surface area contributed by atoms with Crippen LogP contribution in [-0.2, 0) is 12.8 Å². The largest absolute Gasteiger partial charge is 0.399 e. The lowest BCUT2D eigenvalue weighted by Gasteiger charge is -2.08. The van der Waals surface area contributed by atoms with E-state index >= 15 is 0 Å². The first kappa shape index (κ1) is 11.7. The van der Waals surface area contributed by atoms with Crippen LogP contribution in [0.4, 0.5) is 5.69 Å². The van der Waals surface area contributed by atoms with E-state index in [1.165, 1.54) is 22.3 Å². The molecule has 0 saturated carbocycles. The molecule has 0 radical (unpaired) electrons. The number of benzene rings is 2. The van der Waals surface area contributed by atoms with E-state index < -0.39 is 0 Å². The topological polar surface area (TPSA) is 26.0 Å². The van der Waals surface area contributed by atoms with Crippen molar-refractivity contribution in [3.63, 3.8) is 0 Å². The molecule has 17 heavy (non-hydrogen) atoms. The number of aryl methyl sites for hydroxylation is 2. The summed E-state index contributed by atoms with van der Waals surface area (Å²) in [4.78, 5) is 0. The molecule has 0 spiro atoms. The van der Waals surface area contributed by atoms with Crippen molar-refractivity contribution in [1.29, 1.82) is 0 Å². The molecule has 2 aromatic rings. The lowest BCUT2D eigenvalue weighted by Crippen LogP contribution is -1.89. The van der Waals surface area contributed by atoms with E-state index in [1.54, 1.807) is 0 Å². The predicted molar refractivity (Wildman–Crippen MR) is 75.0 cm³/mol. The molecule has 0 amide bonds. The Balaban J connectivity index is 2.46. The van der Waals surface area contributed by atoms with Gasteiger partial charge in [-0.15, -0.1) is 0 Å². The lowest BCUT2D eigenvalue weighted by molar-refractivity contribution is 1.09. The second-order valence-corrected chi connectivity index (χ2v) is 4.37. The van der Waals surface area contributed by atoms with Gasteiger partial charge in [0.2, 0.25) is 0 Å². The molecular formula is C16H19N. The molecule has 2 rings (SSSR count). The van der Waals surface area contributed by atoms with Gasteiger partial charge in [0.25, 0.3) is 0 Å². The van der Waals surface area contributed by atoms with Crippen molar-refractivity contribution < 1.29 is 0 Å². The third-order valence-corrected chi connectivity index (χ3v) is 3.11. The number of hydrogen-bond donors (Lipinski definition) is 1. The number of rotatable bonds is 3. The fourth-order valence-corrected chi connectivity index (χ4v) is 2.01. The molecule has 0 fully saturated rings. The number of anilines is 1. The van der Waals surface area contributed by atoms with Gasteiger partial charge in [-0.05, 0) is 47.2 Å². The molecule has 0 aromatic heterocycles. The highest BCUT2D eigenvalue weighted by atomic mass is 14.5. The minimum Gasteiger partial charge on any atom is -0.399 e. The van der Waals surface area contributed by atoms with Crippen LogP contribution >= 0.6 is 0 Å². The summed E-state index contributed by atoms with van der Waals surface area (Å²) in [6.45, 7) is 4.39. The van der Waals surface area contributed by atoms with E-state index in [0.29, 0.717) is 0 Å². The minimum atomic E-state index is 0.816. The van der Waals surface area contributed by atoms with Gasteiger partial charge in [-0.3, -0.25) is 0 Å². The molecule has 1 nitrogen and oxygen atoms in total. The molecular weight excluding hydrogens is 206 g/mol. The average Bonchev–Trinajstić information content (AvgIpc) is 2.39. The van der Waals surface area contributed by atoms with Crippen molar-refractivity contribution in [3.05, 3.63) is 53.6 Å². The molecule has 0 unspecified atom stereocenters. The Morgan fingerprint density at radius 2 is 1.29 bits per heavy atom. The number of hydrogen-bond acceptors (Lipinski definition) is 1. The maximum atomic E-state index is 5.72. The Bertz CT molecular complexity index is 475. The Kier molecular flexibility index (Phi) is 3.48. The zero-order valence-electron chi connectivity index (χ0n) is 10.5. The summed E-state index contributed by atoms with van der Waals surface area (Å²) in [5.41, 5.74) is 11.9. The average molecular weight is 225 g/mol. The van der Waals surface area contributed by atoms with Gasteiger partial charge in [0.1, 0.15) is 0 Å². The Hall–Kier alpha value is -1.76. The molecule has 2 N–H and O–H groups in total. The van der Waals surface area contributed by atoms with Crippen LogP contribution in [0.15, 0.2) is 42.5 Å². The molecule has 0 atom stereocenters. The highest BCUT2D eigenvalue weighted by Crippen LogP contribution is 2.24. The highest BCUT2D eigenvalue weighted by Gasteiger charge is 2.01. The van der Waals surface area contributed by atoms with Crippen molar-refractivity contribution in [1.82, 2.24) is 0 Å². The Morgan fingerprint density at radius 1 is 0.765 bits per heavy atom. The smallest absolute Gasteiger partial charge is 0.0314 e. The third kappa shape index (κ3) is 2.68. The van der Waals surface area contributed by atoms with Crippen molar-refractivity contribution in [3.8, 4) is 11.1 Å². The molecule has 0 bridgehead atoms. The third-order valence-electron chi connectivity index (χ3n) is 3.11. The van der Waals surface area contributed by atoms with Crippen molar-refractivity contribution in [2.75, 3.05) is 5.73 Å². The van der Waals surface area contributed by atoms with Gasteiger partial charge >= 0.3 is 0 Å². The molecule has 0 heterocycles. The van der Waals surface area contributed by atoms with Crippen LogP contribution in [0.1, 0.15) is 25.0 Å². The number of nitrogen functional groups attached to an aromatic ring is 1. The first-order chi connectivity index (χ1) is 8.22. The van der Waals surface area contributed by atoms with Crippen LogP contribution in [-0.4, -0.2) is 0 Å². The van der Waals surface area contributed by atoms with Crippen molar-refractivity contribution >= 4 is 5.69 Å². The van der Waals surface area contributed by atoms with Gasteiger partial charge in [-0.2, -0.15) is 0 Å². The maximum Gasteiger partial charge on any atom is 0.0314 e. The van der Waals surface area contributed by atoms with Crippen LogP contribution in [0, 0.1) is 0 Å². The molecule has 2 aromatic carbocycles. The summed E-state index contributed by atoms with van der Waals surface area (Å²) < 4.78 is 0. The van der Waals surface area contributed by atoms with Crippen molar-refractivity contribution in [2.45, 2.75) is 26.7 Å². The second-order valence-electron chi connectivity index (χ2n) is 4.37. The van der Waals surface area contributed by atoms with E-state index in [1.807, 2.05) is 12.1 Å². The predicted octanol–water partition coefficient (Wildman–Crippen LogP) is 4.06.